The highest BCUT2D eigenvalue weighted by atomic mass is 32.1. The standard InChI is InChI=1S/C10H12N2O4S.C8H17NO2/c13-10(14)8(6-17)11-5-7-3-1-2-4-9(7)12(15)16;1-2-3-4-5-6-7(9)8(10)11/h1-4,8,11,17H,5-6H2,(H,13,14);7H,2-6,9H2,1H3,(H,10,11). The van der Waals surface area contributed by atoms with Gasteiger partial charge in [-0.05, 0) is 6.42 Å². The van der Waals surface area contributed by atoms with Crippen molar-refractivity contribution in [1.29, 1.82) is 0 Å². The molecular formula is C18H29N3O6S. The third-order valence-corrected chi connectivity index (χ3v) is 4.26. The minimum absolute atomic E-state index is 0.0247. The Morgan fingerprint density at radius 1 is 1.21 bits per heavy atom. The van der Waals surface area contributed by atoms with Gasteiger partial charge in [-0.1, -0.05) is 50.8 Å². The van der Waals surface area contributed by atoms with E-state index in [0.29, 0.717) is 12.0 Å². The first kappa shape index (κ1) is 25.8. The monoisotopic (exact) mass is 415 g/mol. The molecule has 1 aromatic rings. The molecule has 0 aromatic heterocycles. The average molecular weight is 416 g/mol. The summed E-state index contributed by atoms with van der Waals surface area (Å²) >= 11 is 3.89. The lowest BCUT2D eigenvalue weighted by molar-refractivity contribution is -0.385. The number of nitro benzene ring substituents is 1. The number of rotatable bonds is 12. The molecule has 0 saturated carbocycles. The maximum atomic E-state index is 10.7. The van der Waals surface area contributed by atoms with Crippen LogP contribution in [0, 0.1) is 10.1 Å². The molecule has 0 aliphatic heterocycles. The second-order valence-corrected chi connectivity index (χ2v) is 6.50. The average Bonchev–Trinajstić information content (AvgIpc) is 2.66. The van der Waals surface area contributed by atoms with Crippen LogP contribution in [0.4, 0.5) is 5.69 Å². The zero-order valence-corrected chi connectivity index (χ0v) is 16.8. The number of aliphatic carboxylic acids is 2. The van der Waals surface area contributed by atoms with E-state index in [1.54, 1.807) is 18.2 Å². The zero-order valence-electron chi connectivity index (χ0n) is 15.9. The molecule has 28 heavy (non-hydrogen) atoms. The topological polar surface area (TPSA) is 156 Å². The maximum Gasteiger partial charge on any atom is 0.321 e. The van der Waals surface area contributed by atoms with Crippen LogP contribution in [-0.2, 0) is 16.1 Å². The Hall–Kier alpha value is -2.17. The maximum absolute atomic E-state index is 10.7. The summed E-state index contributed by atoms with van der Waals surface area (Å²) in [4.78, 5) is 31.2. The summed E-state index contributed by atoms with van der Waals surface area (Å²) in [6.07, 6.45) is 4.97. The number of nitrogens with two attached hydrogens (primary N) is 1. The summed E-state index contributed by atoms with van der Waals surface area (Å²) in [7, 11) is 0. The van der Waals surface area contributed by atoms with Crippen LogP contribution in [0.5, 0.6) is 0 Å². The molecule has 10 heteroatoms. The molecule has 158 valence electrons. The van der Waals surface area contributed by atoms with E-state index < -0.39 is 28.9 Å². The number of carboxylic acid groups (broad SMARTS) is 2. The van der Waals surface area contributed by atoms with Gasteiger partial charge in [0.05, 0.1) is 4.92 Å². The largest absolute Gasteiger partial charge is 0.480 e. The third-order valence-electron chi connectivity index (χ3n) is 3.89. The van der Waals surface area contributed by atoms with E-state index in [1.807, 2.05) is 0 Å². The molecule has 0 aliphatic rings. The highest BCUT2D eigenvalue weighted by Crippen LogP contribution is 2.17. The Balaban J connectivity index is 0.000000576. The number of nitrogens with zero attached hydrogens (tertiary/aromatic N) is 1. The number of unbranched alkanes of at least 4 members (excludes halogenated alkanes) is 3. The fourth-order valence-corrected chi connectivity index (χ4v) is 2.50. The zero-order chi connectivity index (χ0) is 21.5. The fourth-order valence-electron chi connectivity index (χ4n) is 2.22. The lowest BCUT2D eigenvalue weighted by Crippen LogP contribution is -2.37. The van der Waals surface area contributed by atoms with Crippen molar-refractivity contribution < 1.29 is 24.7 Å². The number of thiol groups is 1. The van der Waals surface area contributed by atoms with E-state index >= 15 is 0 Å². The number of benzene rings is 1. The van der Waals surface area contributed by atoms with Gasteiger partial charge in [0.2, 0.25) is 0 Å². The molecular weight excluding hydrogens is 386 g/mol. The molecule has 0 heterocycles. The second-order valence-electron chi connectivity index (χ2n) is 6.13. The van der Waals surface area contributed by atoms with Crippen LogP contribution >= 0.6 is 12.6 Å². The van der Waals surface area contributed by atoms with Crippen LogP contribution in [0.3, 0.4) is 0 Å². The van der Waals surface area contributed by atoms with E-state index in [9.17, 15) is 19.7 Å². The first-order valence-corrected chi connectivity index (χ1v) is 9.65. The van der Waals surface area contributed by atoms with Crippen molar-refractivity contribution in [3.63, 3.8) is 0 Å². The molecule has 0 spiro atoms. The Bertz CT molecular complexity index is 629. The van der Waals surface area contributed by atoms with Crippen molar-refractivity contribution in [3.05, 3.63) is 39.9 Å². The summed E-state index contributed by atoms with van der Waals surface area (Å²) in [6.45, 7) is 2.24. The van der Waals surface area contributed by atoms with Gasteiger partial charge in [-0.15, -0.1) is 0 Å². The molecule has 0 amide bonds. The lowest BCUT2D eigenvalue weighted by Gasteiger charge is -2.11. The Morgan fingerprint density at radius 2 is 1.86 bits per heavy atom. The molecule has 0 aliphatic carbocycles. The van der Waals surface area contributed by atoms with Crippen molar-refractivity contribution in [1.82, 2.24) is 5.32 Å². The molecule has 5 N–H and O–H groups in total. The summed E-state index contributed by atoms with van der Waals surface area (Å²) in [5, 5.41) is 30.6. The highest BCUT2D eigenvalue weighted by molar-refractivity contribution is 7.80. The summed E-state index contributed by atoms with van der Waals surface area (Å²) in [6, 6.07) is 4.72. The molecule has 0 saturated heterocycles. The summed E-state index contributed by atoms with van der Waals surface area (Å²) in [5.74, 6) is -1.80. The van der Waals surface area contributed by atoms with Gasteiger partial charge in [0, 0.05) is 23.9 Å². The number of carboxylic acids is 2. The summed E-state index contributed by atoms with van der Waals surface area (Å²) < 4.78 is 0. The molecule has 0 fully saturated rings. The normalized spacial score (nSPS) is 12.4. The molecule has 2 unspecified atom stereocenters. The number of para-hydroxylation sites is 1. The van der Waals surface area contributed by atoms with Crippen LogP contribution < -0.4 is 11.1 Å². The van der Waals surface area contributed by atoms with Crippen LogP contribution in [0.1, 0.15) is 44.6 Å². The smallest absolute Gasteiger partial charge is 0.321 e. The number of hydrogen-bond acceptors (Lipinski definition) is 7. The minimum Gasteiger partial charge on any atom is -0.480 e. The van der Waals surface area contributed by atoms with E-state index in [2.05, 4.69) is 24.9 Å². The van der Waals surface area contributed by atoms with Gasteiger partial charge >= 0.3 is 11.9 Å². The quantitative estimate of drug-likeness (QED) is 0.151. The van der Waals surface area contributed by atoms with Crippen molar-refractivity contribution in [2.45, 2.75) is 57.7 Å². The van der Waals surface area contributed by atoms with E-state index in [1.165, 1.54) is 18.9 Å². The van der Waals surface area contributed by atoms with Crippen molar-refractivity contribution in [2.75, 3.05) is 5.75 Å². The van der Waals surface area contributed by atoms with Crippen molar-refractivity contribution in [2.24, 2.45) is 5.73 Å². The van der Waals surface area contributed by atoms with Gasteiger partial charge in [-0.2, -0.15) is 12.6 Å². The Kier molecular flexibility index (Phi) is 13.7. The number of nitro groups is 1. The van der Waals surface area contributed by atoms with Crippen LogP contribution in [0.2, 0.25) is 0 Å². The second kappa shape index (κ2) is 14.8. The van der Waals surface area contributed by atoms with Gasteiger partial charge in [0.15, 0.2) is 0 Å². The predicted molar refractivity (Wildman–Crippen MR) is 110 cm³/mol. The highest BCUT2D eigenvalue weighted by Gasteiger charge is 2.17. The Morgan fingerprint density at radius 3 is 2.36 bits per heavy atom. The van der Waals surface area contributed by atoms with E-state index in [4.69, 9.17) is 15.9 Å². The molecule has 0 radical (unpaired) electrons. The van der Waals surface area contributed by atoms with Gasteiger partial charge < -0.3 is 15.9 Å². The Labute approximate surface area is 169 Å². The predicted octanol–water partition coefficient (Wildman–Crippen LogP) is 2.44. The van der Waals surface area contributed by atoms with Crippen LogP contribution in [-0.4, -0.2) is 44.9 Å². The van der Waals surface area contributed by atoms with Crippen LogP contribution in [0.15, 0.2) is 24.3 Å². The van der Waals surface area contributed by atoms with Crippen molar-refractivity contribution in [3.8, 4) is 0 Å². The van der Waals surface area contributed by atoms with Crippen LogP contribution in [0.25, 0.3) is 0 Å². The minimum atomic E-state index is -1.03. The van der Waals surface area contributed by atoms with Gasteiger partial charge in [0.25, 0.3) is 5.69 Å². The molecule has 0 bridgehead atoms. The van der Waals surface area contributed by atoms with E-state index in [0.717, 1.165) is 12.8 Å². The SMILES string of the molecule is CCCCCCC(N)C(=O)O.O=C(O)C(CS)NCc1ccccc1[N+](=O)[O-]. The van der Waals surface area contributed by atoms with Crippen molar-refractivity contribution >= 4 is 30.3 Å². The first-order valence-electron chi connectivity index (χ1n) is 9.02. The fraction of sp³-hybridized carbons (Fsp3) is 0.556. The third kappa shape index (κ3) is 10.9. The molecule has 9 nitrogen and oxygen atoms in total. The molecule has 2 atom stereocenters. The van der Waals surface area contributed by atoms with Gasteiger partial charge in [-0.25, -0.2) is 0 Å². The first-order chi connectivity index (χ1) is 13.2. The number of carbonyl (C=O) groups is 2. The van der Waals surface area contributed by atoms with Gasteiger partial charge in [0.1, 0.15) is 12.1 Å². The summed E-state index contributed by atoms with van der Waals surface area (Å²) in [5.41, 5.74) is 5.72. The molecule has 1 rings (SSSR count). The van der Waals surface area contributed by atoms with Gasteiger partial charge in [-0.3, -0.25) is 25.0 Å². The number of nitrogens with one attached hydrogen (secondary N) is 1. The number of hydrogen-bond donors (Lipinski definition) is 5. The molecule has 1 aromatic carbocycles. The lowest BCUT2D eigenvalue weighted by atomic mass is 10.1. The van der Waals surface area contributed by atoms with E-state index in [-0.39, 0.29) is 18.0 Å².